The molecule has 1 rings (SSSR count). The molecule has 0 spiro atoms. The first kappa shape index (κ1) is 18.0. The van der Waals surface area contributed by atoms with E-state index >= 15 is 0 Å². The summed E-state index contributed by atoms with van der Waals surface area (Å²) < 4.78 is 0. The molecule has 0 saturated carbocycles. The van der Waals surface area contributed by atoms with Crippen LogP contribution in [0.1, 0.15) is 41.0 Å². The smallest absolute Gasteiger partial charge is 0.328 e. The summed E-state index contributed by atoms with van der Waals surface area (Å²) in [5.74, 6) is -0.919. The molecule has 0 aromatic carbocycles. The lowest BCUT2D eigenvalue weighted by Gasteiger charge is -2.29. The quantitative estimate of drug-likeness (QED) is 0.546. The van der Waals surface area contributed by atoms with E-state index in [1.807, 2.05) is 19.1 Å². The van der Waals surface area contributed by atoms with Gasteiger partial charge in [-0.2, -0.15) is 0 Å². The first-order valence-corrected chi connectivity index (χ1v) is 7.54. The Balaban J connectivity index is 2.82. The van der Waals surface area contributed by atoms with Gasteiger partial charge in [-0.1, -0.05) is 62.0 Å². The van der Waals surface area contributed by atoms with Gasteiger partial charge in [-0.3, -0.25) is 0 Å². The highest BCUT2D eigenvalue weighted by atomic mass is 16.4. The molecule has 1 aliphatic carbocycles. The summed E-state index contributed by atoms with van der Waals surface area (Å²) in [4.78, 5) is 10.5. The Morgan fingerprint density at radius 3 is 2.50 bits per heavy atom. The fourth-order valence-electron chi connectivity index (χ4n) is 2.49. The van der Waals surface area contributed by atoms with Gasteiger partial charge in [-0.15, -0.1) is 0 Å². The molecule has 2 heteroatoms. The molecule has 0 unspecified atom stereocenters. The molecule has 0 amide bonds. The van der Waals surface area contributed by atoms with E-state index in [-0.39, 0.29) is 5.41 Å². The van der Waals surface area contributed by atoms with Crippen LogP contribution in [0.5, 0.6) is 0 Å². The molecule has 0 fully saturated rings. The van der Waals surface area contributed by atoms with Gasteiger partial charge in [0, 0.05) is 6.08 Å². The van der Waals surface area contributed by atoms with E-state index in [0.717, 1.165) is 17.6 Å². The molecule has 0 heterocycles. The lowest BCUT2D eigenvalue weighted by molar-refractivity contribution is -0.131. The minimum atomic E-state index is -0.919. The molecule has 0 radical (unpaired) electrons. The van der Waals surface area contributed by atoms with Crippen molar-refractivity contribution in [2.45, 2.75) is 41.0 Å². The zero-order chi connectivity index (χ0) is 16.8. The molecule has 0 saturated heterocycles. The van der Waals surface area contributed by atoms with Crippen LogP contribution in [0, 0.1) is 5.41 Å². The third-order valence-electron chi connectivity index (χ3n) is 3.73. The lowest BCUT2D eigenvalue weighted by atomic mass is 9.75. The highest BCUT2D eigenvalue weighted by Gasteiger charge is 2.23. The van der Waals surface area contributed by atoms with Gasteiger partial charge in [0.2, 0.25) is 0 Å². The zero-order valence-corrected chi connectivity index (χ0v) is 14.2. The molecule has 2 nitrogen and oxygen atoms in total. The highest BCUT2D eigenvalue weighted by Crippen LogP contribution is 2.37. The summed E-state index contributed by atoms with van der Waals surface area (Å²) in [5.41, 5.74) is 4.71. The summed E-state index contributed by atoms with van der Waals surface area (Å²) >= 11 is 0. The molecule has 118 valence electrons. The molecule has 0 aromatic heterocycles. The van der Waals surface area contributed by atoms with E-state index in [0.29, 0.717) is 0 Å². The van der Waals surface area contributed by atoms with Gasteiger partial charge in [0.25, 0.3) is 0 Å². The number of hydrogen-bond donors (Lipinski definition) is 1. The fraction of sp³-hybridized carbons (Fsp3) is 0.350. The zero-order valence-electron chi connectivity index (χ0n) is 14.2. The molecule has 22 heavy (non-hydrogen) atoms. The Morgan fingerprint density at radius 1 is 1.23 bits per heavy atom. The standard InChI is InChI=1S/C20H26O2/c1-15(8-6-9-16(2)14-19(21)22)11-12-18-17(3)10-7-13-20(18,4)5/h6-12,14H,13H2,1-5H3,(H,21,22)/b9-6+,12-11+,15-8-,16-14+. The van der Waals surface area contributed by atoms with E-state index < -0.39 is 5.97 Å². The number of carboxylic acid groups (broad SMARTS) is 1. The van der Waals surface area contributed by atoms with Crippen LogP contribution in [0.3, 0.4) is 0 Å². The Bertz CT molecular complexity index is 606. The van der Waals surface area contributed by atoms with Crippen molar-refractivity contribution >= 4 is 5.97 Å². The SMILES string of the molecule is CC1=C(/C=C/C(C)=C\C=C\C(C)=C\C(=O)O)C(C)(C)CC=C1. The Hall–Kier alpha value is -2.09. The average Bonchev–Trinajstić information content (AvgIpc) is 2.36. The second-order valence-electron chi connectivity index (χ2n) is 6.42. The van der Waals surface area contributed by atoms with E-state index in [9.17, 15) is 4.79 Å². The summed E-state index contributed by atoms with van der Waals surface area (Å²) in [6.45, 7) is 10.5. The third kappa shape index (κ3) is 5.72. The third-order valence-corrected chi connectivity index (χ3v) is 3.73. The number of allylic oxidation sites excluding steroid dienone is 11. The highest BCUT2D eigenvalue weighted by molar-refractivity contribution is 5.81. The minimum Gasteiger partial charge on any atom is -0.478 e. The van der Waals surface area contributed by atoms with E-state index in [1.54, 1.807) is 13.0 Å². The van der Waals surface area contributed by atoms with Gasteiger partial charge in [0.1, 0.15) is 0 Å². The maximum absolute atomic E-state index is 10.5. The van der Waals surface area contributed by atoms with Crippen LogP contribution in [0.25, 0.3) is 0 Å². The Kier molecular flexibility index (Phi) is 6.36. The Morgan fingerprint density at radius 2 is 1.91 bits per heavy atom. The Labute approximate surface area is 133 Å². The average molecular weight is 298 g/mol. The molecular weight excluding hydrogens is 272 g/mol. The topological polar surface area (TPSA) is 37.3 Å². The van der Waals surface area contributed by atoms with Crippen molar-refractivity contribution in [1.29, 1.82) is 0 Å². The van der Waals surface area contributed by atoms with Gasteiger partial charge in [0.05, 0.1) is 0 Å². The van der Waals surface area contributed by atoms with Crippen molar-refractivity contribution in [1.82, 2.24) is 0 Å². The molecular formula is C20H26O2. The van der Waals surface area contributed by atoms with Crippen LogP contribution in [0.15, 0.2) is 70.9 Å². The van der Waals surface area contributed by atoms with Crippen molar-refractivity contribution in [3.63, 3.8) is 0 Å². The van der Waals surface area contributed by atoms with Gasteiger partial charge in [-0.05, 0) is 49.3 Å². The van der Waals surface area contributed by atoms with Crippen molar-refractivity contribution in [3.8, 4) is 0 Å². The maximum atomic E-state index is 10.5. The number of aliphatic carboxylic acids is 1. The second-order valence-corrected chi connectivity index (χ2v) is 6.42. The van der Waals surface area contributed by atoms with Gasteiger partial charge in [-0.25, -0.2) is 4.79 Å². The minimum absolute atomic E-state index is 0.173. The maximum Gasteiger partial charge on any atom is 0.328 e. The van der Waals surface area contributed by atoms with E-state index in [2.05, 4.69) is 45.1 Å². The summed E-state index contributed by atoms with van der Waals surface area (Å²) in [7, 11) is 0. The van der Waals surface area contributed by atoms with Crippen molar-refractivity contribution < 1.29 is 9.90 Å². The van der Waals surface area contributed by atoms with Crippen LogP contribution in [-0.2, 0) is 4.79 Å². The summed E-state index contributed by atoms with van der Waals surface area (Å²) in [6.07, 6.45) is 16.6. The summed E-state index contributed by atoms with van der Waals surface area (Å²) in [5, 5.41) is 8.65. The number of rotatable bonds is 5. The van der Waals surface area contributed by atoms with Crippen LogP contribution < -0.4 is 0 Å². The molecule has 0 bridgehead atoms. The van der Waals surface area contributed by atoms with Crippen molar-refractivity contribution in [2.75, 3.05) is 0 Å². The monoisotopic (exact) mass is 298 g/mol. The summed E-state index contributed by atoms with van der Waals surface area (Å²) in [6, 6.07) is 0. The first-order valence-electron chi connectivity index (χ1n) is 7.54. The van der Waals surface area contributed by atoms with E-state index in [1.165, 1.54) is 17.2 Å². The van der Waals surface area contributed by atoms with Crippen LogP contribution in [0.2, 0.25) is 0 Å². The van der Waals surface area contributed by atoms with Crippen molar-refractivity contribution in [3.05, 3.63) is 70.9 Å². The fourth-order valence-corrected chi connectivity index (χ4v) is 2.49. The predicted molar refractivity (Wildman–Crippen MR) is 93.7 cm³/mol. The first-order chi connectivity index (χ1) is 10.2. The lowest BCUT2D eigenvalue weighted by Crippen LogP contribution is -2.16. The molecule has 0 atom stereocenters. The van der Waals surface area contributed by atoms with Crippen molar-refractivity contribution in [2.24, 2.45) is 5.41 Å². The number of carboxylic acids is 1. The number of carbonyl (C=O) groups is 1. The molecule has 0 aromatic rings. The largest absolute Gasteiger partial charge is 0.478 e. The van der Waals surface area contributed by atoms with Gasteiger partial charge >= 0.3 is 5.97 Å². The van der Waals surface area contributed by atoms with E-state index in [4.69, 9.17) is 5.11 Å². The number of hydrogen-bond acceptors (Lipinski definition) is 1. The molecule has 0 aliphatic heterocycles. The normalized spacial score (nSPS) is 19.5. The van der Waals surface area contributed by atoms with Gasteiger partial charge in [0.15, 0.2) is 0 Å². The van der Waals surface area contributed by atoms with Gasteiger partial charge < -0.3 is 5.11 Å². The van der Waals surface area contributed by atoms with Crippen LogP contribution >= 0.6 is 0 Å². The molecule has 1 aliphatic rings. The second kappa shape index (κ2) is 7.79. The van der Waals surface area contributed by atoms with Crippen LogP contribution in [-0.4, -0.2) is 11.1 Å². The molecule has 1 N–H and O–H groups in total. The van der Waals surface area contributed by atoms with Crippen LogP contribution in [0.4, 0.5) is 0 Å². The predicted octanol–water partition coefficient (Wildman–Crippen LogP) is 5.38.